The minimum absolute atomic E-state index is 0.313. The van der Waals surface area contributed by atoms with E-state index in [-0.39, 0.29) is 0 Å². The summed E-state index contributed by atoms with van der Waals surface area (Å²) in [6.07, 6.45) is 1.96. The molecule has 25 heavy (non-hydrogen) atoms. The van der Waals surface area contributed by atoms with Gasteiger partial charge in [0.15, 0.2) is 0 Å². The molecule has 0 bridgehead atoms. The van der Waals surface area contributed by atoms with Crippen molar-refractivity contribution in [2.45, 2.75) is 37.2 Å². The second-order valence-corrected chi connectivity index (χ2v) is 9.05. The zero-order valence-electron chi connectivity index (χ0n) is 14.6. The van der Waals surface area contributed by atoms with Crippen LogP contribution in [0.4, 0.5) is 0 Å². The molecule has 132 valence electrons. The minimum atomic E-state index is -3.38. The van der Waals surface area contributed by atoms with Gasteiger partial charge in [0.05, 0.1) is 4.90 Å². The highest BCUT2D eigenvalue weighted by atomic mass is 32.2. The number of aryl methyl sites for hydroxylation is 1. The maximum absolute atomic E-state index is 12.9. The molecular formula is C20H24N2O2S. The van der Waals surface area contributed by atoms with E-state index in [0.717, 1.165) is 31.5 Å². The molecule has 5 heteroatoms. The predicted octanol–water partition coefficient (Wildman–Crippen LogP) is 2.82. The smallest absolute Gasteiger partial charge is 0.243 e. The average Bonchev–Trinajstić information content (AvgIpc) is 3.13. The van der Waals surface area contributed by atoms with E-state index < -0.39 is 10.0 Å². The molecule has 4 nitrogen and oxygen atoms in total. The van der Waals surface area contributed by atoms with Gasteiger partial charge in [0.2, 0.25) is 10.0 Å². The first-order valence-electron chi connectivity index (χ1n) is 8.92. The zero-order valence-corrected chi connectivity index (χ0v) is 15.4. The normalized spacial score (nSPS) is 22.0. The molecule has 0 aromatic heterocycles. The van der Waals surface area contributed by atoms with Crippen molar-refractivity contribution in [3.05, 3.63) is 65.2 Å². The molecule has 0 spiro atoms. The Bertz CT molecular complexity index is 862. The molecular weight excluding hydrogens is 332 g/mol. The fraction of sp³-hybridized carbons (Fsp3) is 0.400. The van der Waals surface area contributed by atoms with Gasteiger partial charge in [0.1, 0.15) is 0 Å². The molecule has 2 heterocycles. The molecule has 1 fully saturated rings. The summed E-state index contributed by atoms with van der Waals surface area (Å²) >= 11 is 0. The topological polar surface area (TPSA) is 40.6 Å². The third kappa shape index (κ3) is 3.24. The van der Waals surface area contributed by atoms with Gasteiger partial charge in [-0.05, 0) is 43.0 Å². The van der Waals surface area contributed by atoms with Crippen molar-refractivity contribution in [2.75, 3.05) is 19.6 Å². The second-order valence-electron chi connectivity index (χ2n) is 7.11. The second kappa shape index (κ2) is 6.56. The van der Waals surface area contributed by atoms with Crippen molar-refractivity contribution in [3.63, 3.8) is 0 Å². The molecule has 2 aliphatic heterocycles. The van der Waals surface area contributed by atoms with E-state index in [2.05, 4.69) is 29.2 Å². The summed E-state index contributed by atoms with van der Waals surface area (Å²) in [6, 6.07) is 16.1. The molecule has 0 radical (unpaired) electrons. The van der Waals surface area contributed by atoms with E-state index in [1.807, 2.05) is 19.1 Å². The molecule has 0 unspecified atom stereocenters. The molecule has 0 aliphatic carbocycles. The zero-order chi connectivity index (χ0) is 17.4. The van der Waals surface area contributed by atoms with Crippen LogP contribution in [-0.4, -0.2) is 43.3 Å². The lowest BCUT2D eigenvalue weighted by molar-refractivity contribution is 0.185. The highest BCUT2D eigenvalue weighted by Gasteiger charge is 2.36. The largest absolute Gasteiger partial charge is 0.294 e. The number of benzene rings is 2. The number of hydrogen-bond acceptors (Lipinski definition) is 3. The lowest BCUT2D eigenvalue weighted by Gasteiger charge is -2.33. The Labute approximate surface area is 150 Å². The quantitative estimate of drug-likeness (QED) is 0.849. The van der Waals surface area contributed by atoms with E-state index >= 15 is 0 Å². The van der Waals surface area contributed by atoms with E-state index in [1.165, 1.54) is 11.1 Å². The minimum Gasteiger partial charge on any atom is -0.294 e. The lowest BCUT2D eigenvalue weighted by Crippen LogP contribution is -2.41. The molecule has 4 rings (SSSR count). The first kappa shape index (κ1) is 16.8. The molecule has 1 atom stereocenters. The van der Waals surface area contributed by atoms with Crippen molar-refractivity contribution < 1.29 is 8.42 Å². The Balaban J connectivity index is 1.47. The molecule has 2 aromatic rings. The van der Waals surface area contributed by atoms with Crippen LogP contribution < -0.4 is 0 Å². The number of hydrogen-bond donors (Lipinski definition) is 0. The molecule has 0 amide bonds. The Kier molecular flexibility index (Phi) is 4.40. The van der Waals surface area contributed by atoms with Crippen LogP contribution in [0, 0.1) is 6.92 Å². The molecule has 2 aromatic carbocycles. The third-order valence-electron chi connectivity index (χ3n) is 5.46. The van der Waals surface area contributed by atoms with Gasteiger partial charge in [0.25, 0.3) is 0 Å². The third-order valence-corrected chi connectivity index (χ3v) is 7.34. The predicted molar refractivity (Wildman–Crippen MR) is 98.9 cm³/mol. The van der Waals surface area contributed by atoms with Crippen molar-refractivity contribution in [2.24, 2.45) is 0 Å². The first-order valence-corrected chi connectivity index (χ1v) is 10.4. The number of nitrogens with zero attached hydrogens (tertiary/aromatic N) is 2. The van der Waals surface area contributed by atoms with E-state index in [0.29, 0.717) is 24.0 Å². The van der Waals surface area contributed by atoms with Gasteiger partial charge in [-0.15, -0.1) is 0 Å². The van der Waals surface area contributed by atoms with E-state index in [4.69, 9.17) is 0 Å². The van der Waals surface area contributed by atoms with Crippen molar-refractivity contribution in [1.29, 1.82) is 0 Å². The van der Waals surface area contributed by atoms with Gasteiger partial charge in [-0.2, -0.15) is 4.31 Å². The van der Waals surface area contributed by atoms with Crippen molar-refractivity contribution in [1.82, 2.24) is 9.21 Å². The Morgan fingerprint density at radius 1 is 0.960 bits per heavy atom. The summed E-state index contributed by atoms with van der Waals surface area (Å²) in [4.78, 5) is 2.86. The maximum atomic E-state index is 12.9. The van der Waals surface area contributed by atoms with Crippen molar-refractivity contribution >= 4 is 10.0 Å². The summed E-state index contributed by atoms with van der Waals surface area (Å²) < 4.78 is 27.4. The fourth-order valence-electron chi connectivity index (χ4n) is 3.92. The van der Waals surface area contributed by atoms with Crippen LogP contribution in [0.15, 0.2) is 53.4 Å². The van der Waals surface area contributed by atoms with Gasteiger partial charge in [-0.25, -0.2) is 8.42 Å². The van der Waals surface area contributed by atoms with Crippen LogP contribution in [0.3, 0.4) is 0 Å². The Hall–Kier alpha value is -1.69. The standard InChI is InChI=1S/C20H24N2O2S/c1-16-6-8-20(9-7-16)25(23,24)22-13-11-19(15-22)21-12-10-17-4-2-3-5-18(17)14-21/h2-9,19H,10-15H2,1H3/t19-/m1/s1. The van der Waals surface area contributed by atoms with E-state index in [9.17, 15) is 8.42 Å². The Morgan fingerprint density at radius 3 is 2.44 bits per heavy atom. The summed E-state index contributed by atoms with van der Waals surface area (Å²) in [6.45, 7) is 5.12. The van der Waals surface area contributed by atoms with Gasteiger partial charge >= 0.3 is 0 Å². The number of sulfonamides is 1. The van der Waals surface area contributed by atoms with Crippen LogP contribution >= 0.6 is 0 Å². The average molecular weight is 356 g/mol. The molecule has 2 aliphatic rings. The van der Waals surface area contributed by atoms with Crippen LogP contribution in [0.25, 0.3) is 0 Å². The lowest BCUT2D eigenvalue weighted by atomic mass is 9.98. The number of rotatable bonds is 3. The van der Waals surface area contributed by atoms with E-state index in [1.54, 1.807) is 16.4 Å². The van der Waals surface area contributed by atoms with Gasteiger partial charge in [-0.3, -0.25) is 4.90 Å². The summed E-state index contributed by atoms with van der Waals surface area (Å²) in [7, 11) is -3.38. The summed E-state index contributed by atoms with van der Waals surface area (Å²) in [5.74, 6) is 0. The van der Waals surface area contributed by atoms with Crippen LogP contribution in [0.5, 0.6) is 0 Å². The van der Waals surface area contributed by atoms with Crippen LogP contribution in [0.1, 0.15) is 23.1 Å². The number of fused-ring (bicyclic) bond motifs is 1. The van der Waals surface area contributed by atoms with Crippen molar-refractivity contribution in [3.8, 4) is 0 Å². The van der Waals surface area contributed by atoms with Crippen LogP contribution in [0.2, 0.25) is 0 Å². The molecule has 0 saturated carbocycles. The summed E-state index contributed by atoms with van der Waals surface area (Å²) in [5, 5.41) is 0. The highest BCUT2D eigenvalue weighted by Crippen LogP contribution is 2.27. The van der Waals surface area contributed by atoms with Crippen LogP contribution in [-0.2, 0) is 23.0 Å². The maximum Gasteiger partial charge on any atom is 0.243 e. The molecule has 1 saturated heterocycles. The SMILES string of the molecule is Cc1ccc(S(=O)(=O)N2CC[C@@H](N3CCc4ccccc4C3)C2)cc1. The fourth-order valence-corrected chi connectivity index (χ4v) is 5.41. The summed E-state index contributed by atoms with van der Waals surface area (Å²) in [5.41, 5.74) is 3.89. The van der Waals surface area contributed by atoms with Gasteiger partial charge < -0.3 is 0 Å². The Morgan fingerprint density at radius 2 is 1.68 bits per heavy atom. The van der Waals surface area contributed by atoms with Gasteiger partial charge in [0, 0.05) is 32.2 Å². The molecule has 0 N–H and O–H groups in total. The highest BCUT2D eigenvalue weighted by molar-refractivity contribution is 7.89. The monoisotopic (exact) mass is 356 g/mol. The first-order chi connectivity index (χ1) is 12.0. The van der Waals surface area contributed by atoms with Gasteiger partial charge in [-0.1, -0.05) is 42.0 Å².